The molecule has 0 aromatic heterocycles. The van der Waals surface area contributed by atoms with E-state index in [-0.39, 0.29) is 19.4 Å². The number of ether oxygens (including phenoxy) is 1. The number of benzene rings is 4. The summed E-state index contributed by atoms with van der Waals surface area (Å²) in [5, 5.41) is 29.8. The Morgan fingerprint density at radius 3 is 2.18 bits per heavy atom. The lowest BCUT2D eigenvalue weighted by Crippen LogP contribution is -2.49. The van der Waals surface area contributed by atoms with Crippen LogP contribution in [0.4, 0.5) is 5.69 Å². The molecule has 0 saturated heterocycles. The van der Waals surface area contributed by atoms with Gasteiger partial charge in [-0.25, -0.2) is 0 Å². The Hall–Kier alpha value is -4.99. The molecule has 3 atom stereocenters. The third-order valence-electron chi connectivity index (χ3n) is 7.33. The van der Waals surface area contributed by atoms with Crippen LogP contribution < -0.4 is 20.7 Å². The van der Waals surface area contributed by atoms with Gasteiger partial charge in [-0.15, -0.1) is 6.58 Å². The van der Waals surface area contributed by atoms with Gasteiger partial charge in [0.25, 0.3) is 0 Å². The summed E-state index contributed by atoms with van der Waals surface area (Å²) >= 11 is 0. The summed E-state index contributed by atoms with van der Waals surface area (Å²) in [6.07, 6.45) is 1.88. The van der Waals surface area contributed by atoms with E-state index in [1.54, 1.807) is 12.1 Å². The van der Waals surface area contributed by atoms with E-state index in [4.69, 9.17) is 4.74 Å². The van der Waals surface area contributed by atoms with Crippen LogP contribution in [0.25, 0.3) is 10.8 Å². The summed E-state index contributed by atoms with van der Waals surface area (Å²) in [5.74, 6) is -1.70. The monoisotopic (exact) mass is 609 g/mol. The SMILES string of the molecule is C=CC[C@@H](CC(=O)N[C@H](CO)Cc1ccc(OCc2ccccc2)cc1)C(=O)N[C@@H](CO)C(=O)Nc1ccc2ccccc2c1. The predicted octanol–water partition coefficient (Wildman–Crippen LogP) is 4.14. The minimum atomic E-state index is -1.22. The van der Waals surface area contributed by atoms with Crippen molar-refractivity contribution in [2.75, 3.05) is 18.5 Å². The van der Waals surface area contributed by atoms with Gasteiger partial charge in [-0.1, -0.05) is 78.9 Å². The molecule has 0 bridgehead atoms. The molecule has 9 heteroatoms. The maximum atomic E-state index is 13.1. The summed E-state index contributed by atoms with van der Waals surface area (Å²) in [4.78, 5) is 38.9. The van der Waals surface area contributed by atoms with Gasteiger partial charge < -0.3 is 30.9 Å². The second-order valence-electron chi connectivity index (χ2n) is 10.8. The quantitative estimate of drug-likeness (QED) is 0.121. The normalized spacial score (nSPS) is 12.8. The van der Waals surface area contributed by atoms with Crippen LogP contribution in [0.3, 0.4) is 0 Å². The van der Waals surface area contributed by atoms with Gasteiger partial charge in [-0.05, 0) is 59.0 Å². The highest BCUT2D eigenvalue weighted by atomic mass is 16.5. The Labute approximate surface area is 262 Å². The van der Waals surface area contributed by atoms with Gasteiger partial charge in [0.05, 0.1) is 25.2 Å². The first kappa shape index (κ1) is 32.9. The number of hydrogen-bond acceptors (Lipinski definition) is 6. The molecule has 0 saturated carbocycles. The van der Waals surface area contributed by atoms with E-state index in [0.29, 0.717) is 24.5 Å². The molecule has 0 aliphatic carbocycles. The second kappa shape index (κ2) is 16.7. The van der Waals surface area contributed by atoms with Crippen molar-refractivity contribution in [2.45, 2.75) is 38.0 Å². The van der Waals surface area contributed by atoms with E-state index in [1.165, 1.54) is 6.08 Å². The fraction of sp³-hybridized carbons (Fsp3) is 0.250. The van der Waals surface area contributed by atoms with Crippen molar-refractivity contribution in [3.8, 4) is 5.75 Å². The molecule has 3 amide bonds. The van der Waals surface area contributed by atoms with Crippen molar-refractivity contribution < 1.29 is 29.3 Å². The first-order valence-corrected chi connectivity index (χ1v) is 14.9. The zero-order valence-electron chi connectivity index (χ0n) is 25.0. The molecule has 0 unspecified atom stereocenters. The Morgan fingerprint density at radius 2 is 1.49 bits per heavy atom. The Bertz CT molecular complexity index is 1580. The average molecular weight is 610 g/mol. The fourth-order valence-corrected chi connectivity index (χ4v) is 4.88. The van der Waals surface area contributed by atoms with Crippen molar-refractivity contribution in [1.29, 1.82) is 0 Å². The molecule has 4 aromatic carbocycles. The summed E-state index contributed by atoms with van der Waals surface area (Å²) < 4.78 is 5.82. The summed E-state index contributed by atoms with van der Waals surface area (Å²) in [5.41, 5.74) is 2.48. The van der Waals surface area contributed by atoms with Crippen molar-refractivity contribution in [2.24, 2.45) is 5.92 Å². The third kappa shape index (κ3) is 10.0. The maximum absolute atomic E-state index is 13.1. The highest BCUT2D eigenvalue weighted by molar-refractivity contribution is 5.99. The van der Waals surface area contributed by atoms with Crippen LogP contribution in [0.1, 0.15) is 24.0 Å². The van der Waals surface area contributed by atoms with Crippen LogP contribution in [-0.2, 0) is 27.4 Å². The minimum Gasteiger partial charge on any atom is -0.489 e. The summed E-state index contributed by atoms with van der Waals surface area (Å²) in [6, 6.07) is 28.6. The highest BCUT2D eigenvalue weighted by Gasteiger charge is 2.27. The van der Waals surface area contributed by atoms with E-state index in [9.17, 15) is 24.6 Å². The third-order valence-corrected chi connectivity index (χ3v) is 7.33. The number of allylic oxidation sites excluding steroid dienone is 1. The average Bonchev–Trinajstić information content (AvgIpc) is 3.06. The fourth-order valence-electron chi connectivity index (χ4n) is 4.88. The number of nitrogens with one attached hydrogen (secondary N) is 3. The molecule has 234 valence electrons. The van der Waals surface area contributed by atoms with Gasteiger partial charge in [-0.2, -0.15) is 0 Å². The minimum absolute atomic E-state index is 0.179. The molecule has 0 fully saturated rings. The van der Waals surface area contributed by atoms with Crippen molar-refractivity contribution in [3.63, 3.8) is 0 Å². The zero-order valence-corrected chi connectivity index (χ0v) is 25.0. The van der Waals surface area contributed by atoms with Crippen LogP contribution in [0.2, 0.25) is 0 Å². The first-order chi connectivity index (χ1) is 21.9. The summed E-state index contributed by atoms with van der Waals surface area (Å²) in [6.45, 7) is 3.21. The van der Waals surface area contributed by atoms with Crippen molar-refractivity contribution >= 4 is 34.2 Å². The molecule has 9 nitrogen and oxygen atoms in total. The predicted molar refractivity (Wildman–Crippen MR) is 174 cm³/mol. The van der Waals surface area contributed by atoms with E-state index in [2.05, 4.69) is 22.5 Å². The number of carbonyl (C=O) groups excluding carboxylic acids is 3. The number of rotatable bonds is 16. The van der Waals surface area contributed by atoms with Crippen LogP contribution in [-0.4, -0.2) is 53.2 Å². The second-order valence-corrected chi connectivity index (χ2v) is 10.8. The van der Waals surface area contributed by atoms with E-state index in [1.807, 2.05) is 84.9 Å². The van der Waals surface area contributed by atoms with Crippen LogP contribution in [0.15, 0.2) is 110 Å². The van der Waals surface area contributed by atoms with Crippen LogP contribution in [0.5, 0.6) is 5.75 Å². The lowest BCUT2D eigenvalue weighted by atomic mass is 9.98. The largest absolute Gasteiger partial charge is 0.489 e. The molecule has 5 N–H and O–H groups in total. The number of carbonyl (C=O) groups is 3. The number of aliphatic hydroxyl groups excluding tert-OH is 2. The van der Waals surface area contributed by atoms with Crippen molar-refractivity contribution in [3.05, 3.63) is 121 Å². The van der Waals surface area contributed by atoms with E-state index in [0.717, 1.165) is 21.9 Å². The molecule has 45 heavy (non-hydrogen) atoms. The zero-order chi connectivity index (χ0) is 32.0. The topological polar surface area (TPSA) is 137 Å². The lowest BCUT2D eigenvalue weighted by molar-refractivity contribution is -0.133. The number of hydrogen-bond donors (Lipinski definition) is 5. The van der Waals surface area contributed by atoms with Gasteiger partial charge in [0.15, 0.2) is 0 Å². The Kier molecular flexibility index (Phi) is 12.2. The molecule has 4 rings (SSSR count). The molecular weight excluding hydrogens is 570 g/mol. The first-order valence-electron chi connectivity index (χ1n) is 14.9. The lowest BCUT2D eigenvalue weighted by Gasteiger charge is -2.22. The maximum Gasteiger partial charge on any atom is 0.249 e. The van der Waals surface area contributed by atoms with E-state index < -0.39 is 42.3 Å². The number of amides is 3. The summed E-state index contributed by atoms with van der Waals surface area (Å²) in [7, 11) is 0. The molecule has 0 radical (unpaired) electrons. The van der Waals surface area contributed by atoms with Crippen LogP contribution in [0, 0.1) is 5.92 Å². The van der Waals surface area contributed by atoms with Gasteiger partial charge in [0.1, 0.15) is 18.4 Å². The van der Waals surface area contributed by atoms with Crippen molar-refractivity contribution in [1.82, 2.24) is 10.6 Å². The van der Waals surface area contributed by atoms with Gasteiger partial charge >= 0.3 is 0 Å². The number of aliphatic hydroxyl groups is 2. The smallest absolute Gasteiger partial charge is 0.249 e. The number of fused-ring (bicyclic) bond motifs is 1. The van der Waals surface area contributed by atoms with Gasteiger partial charge in [0, 0.05) is 12.1 Å². The molecule has 0 heterocycles. The molecular formula is C36H39N3O6. The molecule has 0 aliphatic heterocycles. The van der Waals surface area contributed by atoms with E-state index >= 15 is 0 Å². The Balaban J connectivity index is 1.28. The molecule has 4 aromatic rings. The number of anilines is 1. The van der Waals surface area contributed by atoms with Gasteiger partial charge in [0.2, 0.25) is 17.7 Å². The van der Waals surface area contributed by atoms with Crippen LogP contribution >= 0.6 is 0 Å². The molecule has 0 spiro atoms. The molecule has 0 aliphatic rings. The highest BCUT2D eigenvalue weighted by Crippen LogP contribution is 2.20. The van der Waals surface area contributed by atoms with Gasteiger partial charge in [-0.3, -0.25) is 14.4 Å². The standard InChI is InChI=1S/C36H39N3O6/c1-2-8-29(35(43)39-33(23-41)36(44)38-30-16-15-27-11-6-7-12-28(27)20-30)21-34(42)37-31(22-40)19-25-13-17-32(18-14-25)45-24-26-9-4-3-5-10-26/h2-7,9-18,20,29,31,33,40-41H,1,8,19,21-24H2,(H,37,42)(H,38,44)(H,39,43)/t29-,31-,33-/m0/s1. The Morgan fingerprint density at radius 1 is 0.778 bits per heavy atom.